The van der Waals surface area contributed by atoms with Crippen molar-refractivity contribution in [2.75, 3.05) is 11.9 Å². The first-order valence-corrected chi connectivity index (χ1v) is 8.94. The zero-order chi connectivity index (χ0) is 17.3. The molecule has 2 aromatic rings. The highest BCUT2D eigenvalue weighted by atomic mass is 35.5. The highest BCUT2D eigenvalue weighted by molar-refractivity contribution is 7.15. The molecule has 0 radical (unpaired) electrons. The maximum absolute atomic E-state index is 12.7. The molecule has 1 saturated carbocycles. The van der Waals surface area contributed by atoms with Crippen molar-refractivity contribution in [3.8, 4) is 0 Å². The van der Waals surface area contributed by atoms with Gasteiger partial charge in [-0.3, -0.25) is 9.59 Å². The molecule has 0 aliphatic heterocycles. The summed E-state index contributed by atoms with van der Waals surface area (Å²) < 4.78 is 0. The number of halogens is 1. The van der Waals surface area contributed by atoms with Gasteiger partial charge in [0, 0.05) is 21.5 Å². The summed E-state index contributed by atoms with van der Waals surface area (Å²) in [6.45, 7) is 3.90. The highest BCUT2D eigenvalue weighted by Gasteiger charge is 2.34. The van der Waals surface area contributed by atoms with Crippen LogP contribution in [0.4, 0.5) is 5.13 Å². The molecule has 126 valence electrons. The molecule has 5 nitrogen and oxygen atoms in total. The van der Waals surface area contributed by atoms with Gasteiger partial charge < -0.3 is 10.2 Å². The molecule has 1 aliphatic carbocycles. The number of rotatable bonds is 5. The van der Waals surface area contributed by atoms with Gasteiger partial charge in [0.1, 0.15) is 6.54 Å². The van der Waals surface area contributed by atoms with Crippen molar-refractivity contribution in [1.29, 1.82) is 0 Å². The number of hydrogen-bond acceptors (Lipinski definition) is 4. The first kappa shape index (κ1) is 16.9. The summed E-state index contributed by atoms with van der Waals surface area (Å²) in [4.78, 5) is 32.0. The lowest BCUT2D eigenvalue weighted by molar-refractivity contribution is -0.117. The average Bonchev–Trinajstić information content (AvgIpc) is 3.32. The number of thiazole rings is 1. The maximum atomic E-state index is 12.7. The topological polar surface area (TPSA) is 62.3 Å². The normalized spacial score (nSPS) is 13.6. The van der Waals surface area contributed by atoms with Gasteiger partial charge in [-0.15, -0.1) is 11.3 Å². The monoisotopic (exact) mass is 363 g/mol. The Morgan fingerprint density at radius 2 is 1.96 bits per heavy atom. The lowest BCUT2D eigenvalue weighted by Crippen LogP contribution is -2.39. The van der Waals surface area contributed by atoms with E-state index >= 15 is 0 Å². The molecule has 1 heterocycles. The van der Waals surface area contributed by atoms with Crippen LogP contribution in [-0.4, -0.2) is 34.3 Å². The van der Waals surface area contributed by atoms with Gasteiger partial charge in [-0.2, -0.15) is 0 Å². The molecule has 3 rings (SSSR count). The van der Waals surface area contributed by atoms with Gasteiger partial charge in [-0.1, -0.05) is 11.6 Å². The van der Waals surface area contributed by atoms with Gasteiger partial charge >= 0.3 is 0 Å². The van der Waals surface area contributed by atoms with Crippen LogP contribution >= 0.6 is 22.9 Å². The number of anilines is 1. The quantitative estimate of drug-likeness (QED) is 0.881. The molecule has 1 aliphatic rings. The van der Waals surface area contributed by atoms with Crippen LogP contribution in [0.3, 0.4) is 0 Å². The fourth-order valence-corrected chi connectivity index (χ4v) is 3.31. The summed E-state index contributed by atoms with van der Waals surface area (Å²) in [5.74, 6) is -0.367. The number of carbonyl (C=O) groups excluding carboxylic acids is 2. The van der Waals surface area contributed by atoms with Gasteiger partial charge in [0.2, 0.25) is 5.91 Å². The van der Waals surface area contributed by atoms with Crippen LogP contribution in [0.15, 0.2) is 24.3 Å². The van der Waals surface area contributed by atoms with Gasteiger partial charge in [-0.05, 0) is 51.0 Å². The van der Waals surface area contributed by atoms with Crippen LogP contribution in [-0.2, 0) is 4.79 Å². The SMILES string of the molecule is Cc1nc(NC(=O)CN(C(=O)c2ccc(Cl)cc2)C2CC2)sc1C. The number of aromatic nitrogens is 1. The Morgan fingerprint density at radius 3 is 2.50 bits per heavy atom. The second-order valence-electron chi connectivity index (χ2n) is 5.88. The second kappa shape index (κ2) is 6.91. The van der Waals surface area contributed by atoms with Gasteiger partial charge in [0.05, 0.1) is 5.69 Å². The number of nitrogens with one attached hydrogen (secondary N) is 1. The molecule has 0 saturated heterocycles. The van der Waals surface area contributed by atoms with Crippen molar-refractivity contribution in [2.45, 2.75) is 32.7 Å². The molecular weight excluding hydrogens is 346 g/mol. The Balaban J connectivity index is 1.68. The van der Waals surface area contributed by atoms with Crippen molar-refractivity contribution in [3.05, 3.63) is 45.4 Å². The van der Waals surface area contributed by atoms with E-state index in [1.807, 2.05) is 13.8 Å². The Bertz CT molecular complexity index is 749. The van der Waals surface area contributed by atoms with E-state index in [1.165, 1.54) is 11.3 Å². The number of aryl methyl sites for hydroxylation is 2. The fourth-order valence-electron chi connectivity index (χ4n) is 2.35. The Morgan fingerprint density at radius 1 is 1.29 bits per heavy atom. The van der Waals surface area contributed by atoms with Crippen molar-refractivity contribution in [1.82, 2.24) is 9.88 Å². The zero-order valence-electron chi connectivity index (χ0n) is 13.5. The van der Waals surface area contributed by atoms with Crippen molar-refractivity contribution < 1.29 is 9.59 Å². The number of carbonyl (C=O) groups is 2. The largest absolute Gasteiger partial charge is 0.326 e. The molecular formula is C17H18ClN3O2S. The molecule has 1 fully saturated rings. The third-order valence-electron chi connectivity index (χ3n) is 3.93. The van der Waals surface area contributed by atoms with Crippen molar-refractivity contribution in [2.24, 2.45) is 0 Å². The number of amides is 2. The van der Waals surface area contributed by atoms with Crippen LogP contribution in [0.5, 0.6) is 0 Å². The Labute approximate surface area is 149 Å². The van der Waals surface area contributed by atoms with E-state index in [9.17, 15) is 9.59 Å². The van der Waals surface area contributed by atoms with Crippen LogP contribution in [0.1, 0.15) is 33.8 Å². The third kappa shape index (κ3) is 3.94. The van der Waals surface area contributed by atoms with Crippen molar-refractivity contribution >= 4 is 39.9 Å². The lowest BCUT2D eigenvalue weighted by Gasteiger charge is -2.21. The number of nitrogens with zero attached hydrogens (tertiary/aromatic N) is 2. The van der Waals surface area contributed by atoms with E-state index in [4.69, 9.17) is 11.6 Å². The zero-order valence-corrected chi connectivity index (χ0v) is 15.1. The molecule has 1 aromatic heterocycles. The summed E-state index contributed by atoms with van der Waals surface area (Å²) >= 11 is 7.30. The lowest BCUT2D eigenvalue weighted by atomic mass is 10.2. The standard InChI is InChI=1S/C17H18ClN3O2S/c1-10-11(2)24-17(19-10)20-15(22)9-21(14-7-8-14)16(23)12-3-5-13(18)6-4-12/h3-6,14H,7-9H2,1-2H3,(H,19,20,22). The fraction of sp³-hybridized carbons (Fsp3) is 0.353. The molecule has 0 bridgehead atoms. The summed E-state index contributed by atoms with van der Waals surface area (Å²) in [6, 6.07) is 6.87. The van der Waals surface area contributed by atoms with E-state index in [2.05, 4.69) is 10.3 Å². The second-order valence-corrected chi connectivity index (χ2v) is 7.52. The van der Waals surface area contributed by atoms with E-state index in [0.717, 1.165) is 23.4 Å². The summed E-state index contributed by atoms with van der Waals surface area (Å²) in [5.41, 5.74) is 1.45. The molecule has 1 N–H and O–H groups in total. The predicted molar refractivity (Wildman–Crippen MR) is 95.7 cm³/mol. The number of benzene rings is 1. The molecule has 7 heteroatoms. The van der Waals surface area contributed by atoms with Crippen LogP contribution < -0.4 is 5.32 Å². The van der Waals surface area contributed by atoms with Crippen LogP contribution in [0, 0.1) is 13.8 Å². The van der Waals surface area contributed by atoms with E-state index in [-0.39, 0.29) is 24.4 Å². The van der Waals surface area contributed by atoms with E-state index in [0.29, 0.717) is 15.7 Å². The Kier molecular flexibility index (Phi) is 4.87. The van der Waals surface area contributed by atoms with Crippen LogP contribution in [0.25, 0.3) is 0 Å². The third-order valence-corrected chi connectivity index (χ3v) is 5.17. The summed E-state index contributed by atoms with van der Waals surface area (Å²) in [6.07, 6.45) is 1.87. The van der Waals surface area contributed by atoms with Crippen LogP contribution in [0.2, 0.25) is 5.02 Å². The molecule has 24 heavy (non-hydrogen) atoms. The Hall–Kier alpha value is -1.92. The summed E-state index contributed by atoms with van der Waals surface area (Å²) in [7, 11) is 0. The van der Waals surface area contributed by atoms with Crippen molar-refractivity contribution in [3.63, 3.8) is 0 Å². The predicted octanol–water partition coefficient (Wildman–Crippen LogP) is 3.66. The number of hydrogen-bond donors (Lipinski definition) is 1. The minimum atomic E-state index is -0.224. The molecule has 1 aromatic carbocycles. The molecule has 0 spiro atoms. The minimum Gasteiger partial charge on any atom is -0.326 e. The van der Waals surface area contributed by atoms with Gasteiger partial charge in [0.25, 0.3) is 5.91 Å². The maximum Gasteiger partial charge on any atom is 0.254 e. The van der Waals surface area contributed by atoms with E-state index < -0.39 is 0 Å². The smallest absolute Gasteiger partial charge is 0.254 e. The minimum absolute atomic E-state index is 0.0315. The average molecular weight is 364 g/mol. The first-order chi connectivity index (χ1) is 11.4. The molecule has 2 amide bonds. The summed E-state index contributed by atoms with van der Waals surface area (Å²) in [5, 5.41) is 3.94. The molecule has 0 unspecified atom stereocenters. The molecule has 0 atom stereocenters. The van der Waals surface area contributed by atoms with E-state index in [1.54, 1.807) is 29.2 Å². The highest BCUT2D eigenvalue weighted by Crippen LogP contribution is 2.28. The van der Waals surface area contributed by atoms with Gasteiger partial charge in [0.15, 0.2) is 5.13 Å². The van der Waals surface area contributed by atoms with Gasteiger partial charge in [-0.25, -0.2) is 4.98 Å². The first-order valence-electron chi connectivity index (χ1n) is 7.74.